The summed E-state index contributed by atoms with van der Waals surface area (Å²) in [5.74, 6) is 1.96. The molecule has 1 N–H and O–H groups in total. The molecule has 0 bridgehead atoms. The lowest BCUT2D eigenvalue weighted by Gasteiger charge is -2.20. The van der Waals surface area contributed by atoms with E-state index in [1.165, 1.54) is 0 Å². The Morgan fingerprint density at radius 2 is 2.10 bits per heavy atom. The van der Waals surface area contributed by atoms with Crippen molar-refractivity contribution in [3.05, 3.63) is 40.0 Å². The van der Waals surface area contributed by atoms with Crippen LogP contribution in [0.4, 0.5) is 0 Å². The van der Waals surface area contributed by atoms with Crippen LogP contribution in [-0.2, 0) is 6.42 Å². The van der Waals surface area contributed by atoms with Gasteiger partial charge in [0.25, 0.3) is 0 Å². The number of halogens is 1. The lowest BCUT2D eigenvalue weighted by Crippen LogP contribution is -2.26. The first-order chi connectivity index (χ1) is 10.1. The predicted octanol–water partition coefficient (Wildman–Crippen LogP) is 4.47. The minimum Gasteiger partial charge on any atom is -0.464 e. The van der Waals surface area contributed by atoms with Crippen molar-refractivity contribution >= 4 is 15.9 Å². The van der Waals surface area contributed by atoms with Crippen LogP contribution in [0.2, 0.25) is 0 Å². The van der Waals surface area contributed by atoms with Crippen LogP contribution in [0.25, 0.3) is 0 Å². The van der Waals surface area contributed by atoms with E-state index in [0.29, 0.717) is 6.04 Å². The molecule has 0 fully saturated rings. The number of hydrogen-bond donors (Lipinski definition) is 1. The van der Waals surface area contributed by atoms with Gasteiger partial charge in [-0.05, 0) is 54.9 Å². The second kappa shape index (κ2) is 7.27. The highest BCUT2D eigenvalue weighted by Gasteiger charge is 2.25. The van der Waals surface area contributed by atoms with E-state index in [1.54, 1.807) is 0 Å². The molecule has 2 heterocycles. The zero-order chi connectivity index (χ0) is 15.4. The molecule has 1 atom stereocenters. The number of nitrogens with zero attached hydrogens (tertiary/aromatic N) is 2. The van der Waals surface area contributed by atoms with E-state index in [1.807, 2.05) is 10.9 Å². The van der Waals surface area contributed by atoms with Gasteiger partial charge in [0.1, 0.15) is 17.6 Å². The third-order valence-electron chi connectivity index (χ3n) is 3.46. The SMILES string of the molecule is CCCNC(c1ccc(CC)o1)c1c(Br)cnn1C(C)C. The van der Waals surface area contributed by atoms with Crippen LogP contribution < -0.4 is 5.32 Å². The van der Waals surface area contributed by atoms with Gasteiger partial charge in [-0.15, -0.1) is 0 Å². The summed E-state index contributed by atoms with van der Waals surface area (Å²) >= 11 is 3.63. The molecule has 5 heteroatoms. The molecule has 0 aliphatic rings. The second-order valence-corrected chi connectivity index (χ2v) is 6.32. The molecule has 0 aliphatic carbocycles. The number of aromatic nitrogens is 2. The molecule has 0 saturated carbocycles. The molecule has 0 saturated heterocycles. The molecule has 2 aromatic rings. The Hall–Kier alpha value is -1.07. The normalized spacial score (nSPS) is 13.0. The van der Waals surface area contributed by atoms with E-state index < -0.39 is 0 Å². The molecule has 21 heavy (non-hydrogen) atoms. The fourth-order valence-corrected chi connectivity index (χ4v) is 2.89. The van der Waals surface area contributed by atoms with Gasteiger partial charge in [-0.2, -0.15) is 5.10 Å². The molecule has 0 amide bonds. The Bertz CT molecular complexity index is 574. The maximum absolute atomic E-state index is 5.98. The molecular formula is C16H24BrN3O. The average molecular weight is 354 g/mol. The third kappa shape index (κ3) is 3.58. The summed E-state index contributed by atoms with van der Waals surface area (Å²) in [6.07, 6.45) is 3.84. The van der Waals surface area contributed by atoms with E-state index in [2.05, 4.69) is 66.2 Å². The summed E-state index contributed by atoms with van der Waals surface area (Å²) < 4.78 is 9.04. The Morgan fingerprint density at radius 1 is 1.33 bits per heavy atom. The lowest BCUT2D eigenvalue weighted by atomic mass is 10.1. The van der Waals surface area contributed by atoms with Crippen molar-refractivity contribution in [1.29, 1.82) is 0 Å². The van der Waals surface area contributed by atoms with Crippen LogP contribution >= 0.6 is 15.9 Å². The number of aryl methyl sites for hydroxylation is 1. The number of furan rings is 1. The van der Waals surface area contributed by atoms with Gasteiger partial charge in [-0.3, -0.25) is 4.68 Å². The Balaban J connectivity index is 2.42. The highest BCUT2D eigenvalue weighted by Crippen LogP contribution is 2.31. The van der Waals surface area contributed by atoms with E-state index in [0.717, 1.165) is 41.1 Å². The van der Waals surface area contributed by atoms with Crippen LogP contribution in [0.3, 0.4) is 0 Å². The summed E-state index contributed by atoms with van der Waals surface area (Å²) in [5.41, 5.74) is 1.12. The van der Waals surface area contributed by atoms with Gasteiger partial charge >= 0.3 is 0 Å². The van der Waals surface area contributed by atoms with Crippen molar-refractivity contribution in [1.82, 2.24) is 15.1 Å². The highest BCUT2D eigenvalue weighted by atomic mass is 79.9. The zero-order valence-electron chi connectivity index (χ0n) is 13.2. The van der Waals surface area contributed by atoms with Crippen LogP contribution in [0.15, 0.2) is 27.2 Å². The van der Waals surface area contributed by atoms with Gasteiger partial charge in [-0.1, -0.05) is 13.8 Å². The van der Waals surface area contributed by atoms with E-state index in [4.69, 9.17) is 4.42 Å². The zero-order valence-corrected chi connectivity index (χ0v) is 14.8. The number of nitrogens with one attached hydrogen (secondary N) is 1. The molecular weight excluding hydrogens is 330 g/mol. The van der Waals surface area contributed by atoms with Crippen LogP contribution in [0.5, 0.6) is 0 Å². The van der Waals surface area contributed by atoms with Crippen LogP contribution in [-0.4, -0.2) is 16.3 Å². The highest BCUT2D eigenvalue weighted by molar-refractivity contribution is 9.10. The minimum atomic E-state index is 0.0181. The van der Waals surface area contributed by atoms with Crippen molar-refractivity contribution < 1.29 is 4.42 Å². The maximum Gasteiger partial charge on any atom is 0.127 e. The molecule has 4 nitrogen and oxygen atoms in total. The van der Waals surface area contributed by atoms with E-state index in [9.17, 15) is 0 Å². The van der Waals surface area contributed by atoms with Crippen LogP contribution in [0, 0.1) is 0 Å². The fraction of sp³-hybridized carbons (Fsp3) is 0.562. The molecule has 1 unspecified atom stereocenters. The number of hydrogen-bond acceptors (Lipinski definition) is 3. The maximum atomic E-state index is 5.98. The van der Waals surface area contributed by atoms with Crippen LogP contribution in [0.1, 0.15) is 63.4 Å². The smallest absolute Gasteiger partial charge is 0.127 e. The van der Waals surface area contributed by atoms with Gasteiger partial charge in [-0.25, -0.2) is 0 Å². The minimum absolute atomic E-state index is 0.0181. The summed E-state index contributed by atoms with van der Waals surface area (Å²) in [4.78, 5) is 0. The molecule has 0 radical (unpaired) electrons. The summed E-state index contributed by atoms with van der Waals surface area (Å²) in [6.45, 7) is 9.48. The van der Waals surface area contributed by atoms with Gasteiger partial charge < -0.3 is 9.73 Å². The Labute approximate surface area is 135 Å². The second-order valence-electron chi connectivity index (χ2n) is 5.46. The van der Waals surface area contributed by atoms with Gasteiger partial charge in [0.15, 0.2) is 0 Å². The van der Waals surface area contributed by atoms with Gasteiger partial charge in [0.2, 0.25) is 0 Å². The summed E-state index contributed by atoms with van der Waals surface area (Å²) in [5, 5.41) is 8.06. The summed E-state index contributed by atoms with van der Waals surface area (Å²) in [7, 11) is 0. The first-order valence-corrected chi connectivity index (χ1v) is 8.42. The van der Waals surface area contributed by atoms with Crippen molar-refractivity contribution in [3.63, 3.8) is 0 Å². The van der Waals surface area contributed by atoms with Gasteiger partial charge in [0.05, 0.1) is 16.4 Å². The van der Waals surface area contributed by atoms with Crippen molar-refractivity contribution in [2.75, 3.05) is 6.54 Å². The fourth-order valence-electron chi connectivity index (χ4n) is 2.39. The van der Waals surface area contributed by atoms with E-state index >= 15 is 0 Å². The molecule has 0 aromatic carbocycles. The van der Waals surface area contributed by atoms with Gasteiger partial charge in [0, 0.05) is 12.5 Å². The Morgan fingerprint density at radius 3 is 2.67 bits per heavy atom. The topological polar surface area (TPSA) is 43.0 Å². The molecule has 0 spiro atoms. The monoisotopic (exact) mass is 353 g/mol. The molecule has 2 rings (SSSR count). The van der Waals surface area contributed by atoms with E-state index in [-0.39, 0.29) is 6.04 Å². The molecule has 0 aliphatic heterocycles. The van der Waals surface area contributed by atoms with Crippen molar-refractivity contribution in [3.8, 4) is 0 Å². The largest absolute Gasteiger partial charge is 0.464 e. The number of rotatable bonds is 7. The van der Waals surface area contributed by atoms with Crippen molar-refractivity contribution in [2.45, 2.75) is 52.6 Å². The molecule has 116 valence electrons. The average Bonchev–Trinajstić information content (AvgIpc) is 3.07. The first kappa shape index (κ1) is 16.3. The molecule has 2 aromatic heterocycles. The quantitative estimate of drug-likeness (QED) is 0.798. The predicted molar refractivity (Wildman–Crippen MR) is 88.5 cm³/mol. The standard InChI is InChI=1S/C16H24BrN3O/c1-5-9-18-15(14-8-7-12(6-2)21-14)16-13(17)10-19-20(16)11(3)4/h7-8,10-11,15,18H,5-6,9H2,1-4H3. The Kier molecular flexibility index (Phi) is 5.65. The first-order valence-electron chi connectivity index (χ1n) is 7.63. The summed E-state index contributed by atoms with van der Waals surface area (Å²) in [6, 6.07) is 4.44. The van der Waals surface area contributed by atoms with Crippen molar-refractivity contribution in [2.24, 2.45) is 0 Å². The third-order valence-corrected chi connectivity index (χ3v) is 4.07. The lowest BCUT2D eigenvalue weighted by molar-refractivity contribution is 0.396.